The van der Waals surface area contributed by atoms with Crippen LogP contribution >= 0.6 is 11.6 Å². The van der Waals surface area contributed by atoms with Crippen LogP contribution < -0.4 is 0 Å². The van der Waals surface area contributed by atoms with Gasteiger partial charge in [0.2, 0.25) is 0 Å². The predicted octanol–water partition coefficient (Wildman–Crippen LogP) is 3.13. The Morgan fingerprint density at radius 2 is 1.96 bits per heavy atom. The minimum absolute atomic E-state index is 0.269. The Hall–Kier alpha value is -2.72. The van der Waals surface area contributed by atoms with Crippen molar-refractivity contribution in [1.29, 1.82) is 0 Å². The van der Waals surface area contributed by atoms with Crippen LogP contribution in [0, 0.1) is 11.8 Å². The van der Waals surface area contributed by atoms with Crippen LogP contribution in [0.2, 0.25) is 5.15 Å². The summed E-state index contributed by atoms with van der Waals surface area (Å²) in [5.41, 5.74) is 2.37. The maximum absolute atomic E-state index is 12.7. The molecule has 0 aliphatic rings. The quantitative estimate of drug-likeness (QED) is 0.535. The third-order valence-corrected chi connectivity index (χ3v) is 3.24. The van der Waals surface area contributed by atoms with Gasteiger partial charge in [0.15, 0.2) is 0 Å². The van der Waals surface area contributed by atoms with Crippen LogP contribution in [-0.2, 0) is 7.05 Å². The topological polar surface area (TPSA) is 48.5 Å². The van der Waals surface area contributed by atoms with Gasteiger partial charge in [0.25, 0.3) is 0 Å². The van der Waals surface area contributed by atoms with Gasteiger partial charge in [-0.15, -0.1) is 0 Å². The molecule has 0 atom stereocenters. The van der Waals surface area contributed by atoms with E-state index in [9.17, 15) is 8.78 Å². The smallest absolute Gasteiger partial charge is 0.275 e. The summed E-state index contributed by atoms with van der Waals surface area (Å²) in [7, 11) is 1.79. The Bertz CT molecular complexity index is 904. The zero-order valence-corrected chi connectivity index (χ0v) is 12.7. The third kappa shape index (κ3) is 3.38. The molecule has 3 aromatic rings. The van der Waals surface area contributed by atoms with E-state index in [2.05, 4.69) is 27.0 Å². The Morgan fingerprint density at radius 3 is 2.61 bits per heavy atom. The predicted molar refractivity (Wildman–Crippen MR) is 80.9 cm³/mol. The molecule has 8 heteroatoms. The molecule has 0 fully saturated rings. The maximum atomic E-state index is 12.7. The average Bonchev–Trinajstić information content (AvgIpc) is 3.14. The van der Waals surface area contributed by atoms with Gasteiger partial charge in [-0.3, -0.25) is 4.68 Å². The van der Waals surface area contributed by atoms with Crippen LogP contribution in [0.5, 0.6) is 0 Å². The molecule has 0 aromatic carbocycles. The summed E-state index contributed by atoms with van der Waals surface area (Å²) < 4.78 is 27.5. The SMILES string of the molecule is Cn1cc(C#Cc2cc(Cl)ncc2-c2cnn(C(F)F)c2)cn1. The zero-order chi connectivity index (χ0) is 16.4. The molecule has 5 nitrogen and oxygen atoms in total. The normalized spacial score (nSPS) is 10.7. The highest BCUT2D eigenvalue weighted by atomic mass is 35.5. The number of hydrogen-bond donors (Lipinski definition) is 0. The minimum atomic E-state index is -2.70. The number of alkyl halides is 2. The highest BCUT2D eigenvalue weighted by Gasteiger charge is 2.12. The fourth-order valence-electron chi connectivity index (χ4n) is 1.97. The Labute approximate surface area is 135 Å². The minimum Gasteiger partial charge on any atom is -0.275 e. The standard InChI is InChI=1S/C15H10ClF2N5/c1-22-8-10(5-20-22)2-3-11-4-14(16)19-7-13(11)12-6-21-23(9-12)15(17)18/h4-9,15H,1H3. The second-order valence-corrected chi connectivity index (χ2v) is 5.08. The van der Waals surface area contributed by atoms with Crippen LogP contribution in [0.4, 0.5) is 8.78 Å². The lowest BCUT2D eigenvalue weighted by molar-refractivity contribution is 0.0566. The van der Waals surface area contributed by atoms with E-state index in [1.165, 1.54) is 18.6 Å². The Balaban J connectivity index is 2.02. The number of halogens is 3. The summed E-state index contributed by atoms with van der Waals surface area (Å²) in [6, 6.07) is 1.58. The van der Waals surface area contributed by atoms with Crippen molar-refractivity contribution in [3.8, 4) is 23.0 Å². The van der Waals surface area contributed by atoms with Crippen molar-refractivity contribution >= 4 is 11.6 Å². The molecule has 3 heterocycles. The molecule has 0 saturated heterocycles. The van der Waals surface area contributed by atoms with Gasteiger partial charge in [0, 0.05) is 42.3 Å². The molecule has 0 saturated carbocycles. The van der Waals surface area contributed by atoms with Crippen LogP contribution in [0.1, 0.15) is 17.7 Å². The van der Waals surface area contributed by atoms with E-state index in [0.717, 1.165) is 5.56 Å². The number of nitrogens with zero attached hydrogens (tertiary/aromatic N) is 5. The van der Waals surface area contributed by atoms with E-state index < -0.39 is 6.55 Å². The number of aromatic nitrogens is 5. The molecule has 0 radical (unpaired) electrons. The fraction of sp³-hybridized carbons (Fsp3) is 0.133. The summed E-state index contributed by atoms with van der Waals surface area (Å²) in [4.78, 5) is 3.99. The van der Waals surface area contributed by atoms with Crippen LogP contribution in [0.15, 0.2) is 37.1 Å². The van der Waals surface area contributed by atoms with Gasteiger partial charge in [-0.2, -0.15) is 19.0 Å². The van der Waals surface area contributed by atoms with Crippen LogP contribution in [0.3, 0.4) is 0 Å². The molecule has 0 N–H and O–H groups in total. The van der Waals surface area contributed by atoms with E-state index >= 15 is 0 Å². The van der Waals surface area contributed by atoms with Crippen LogP contribution in [-0.4, -0.2) is 24.5 Å². The summed E-state index contributed by atoms with van der Waals surface area (Å²) in [5, 5.41) is 7.92. The molecule has 116 valence electrons. The van der Waals surface area contributed by atoms with E-state index in [1.807, 2.05) is 0 Å². The van der Waals surface area contributed by atoms with Crippen molar-refractivity contribution in [3.05, 3.63) is 53.3 Å². The first-order valence-corrected chi connectivity index (χ1v) is 6.89. The fourth-order valence-corrected chi connectivity index (χ4v) is 2.13. The van der Waals surface area contributed by atoms with Crippen LogP contribution in [0.25, 0.3) is 11.1 Å². The molecule has 3 rings (SSSR count). The average molecular weight is 334 g/mol. The van der Waals surface area contributed by atoms with Gasteiger partial charge in [0.1, 0.15) is 5.15 Å². The number of hydrogen-bond acceptors (Lipinski definition) is 3. The maximum Gasteiger partial charge on any atom is 0.333 e. The lowest BCUT2D eigenvalue weighted by Crippen LogP contribution is -1.96. The van der Waals surface area contributed by atoms with Gasteiger partial charge < -0.3 is 0 Å². The number of rotatable bonds is 2. The van der Waals surface area contributed by atoms with Gasteiger partial charge in [-0.1, -0.05) is 23.4 Å². The first kappa shape index (κ1) is 15.2. The second kappa shape index (κ2) is 6.18. The zero-order valence-electron chi connectivity index (χ0n) is 11.9. The van der Waals surface area contributed by atoms with E-state index in [1.54, 1.807) is 30.2 Å². The van der Waals surface area contributed by atoms with Crippen molar-refractivity contribution in [1.82, 2.24) is 24.5 Å². The van der Waals surface area contributed by atoms with Crippen molar-refractivity contribution in [2.24, 2.45) is 7.05 Å². The molecule has 0 unspecified atom stereocenters. The lowest BCUT2D eigenvalue weighted by atomic mass is 10.1. The highest BCUT2D eigenvalue weighted by Crippen LogP contribution is 2.25. The third-order valence-electron chi connectivity index (χ3n) is 3.03. The van der Waals surface area contributed by atoms with Crippen molar-refractivity contribution < 1.29 is 8.78 Å². The first-order chi connectivity index (χ1) is 11.0. The molecule has 0 spiro atoms. The lowest BCUT2D eigenvalue weighted by Gasteiger charge is -2.02. The van der Waals surface area contributed by atoms with Gasteiger partial charge in [-0.05, 0) is 6.07 Å². The Kier molecular flexibility index (Phi) is 4.08. The van der Waals surface area contributed by atoms with Crippen molar-refractivity contribution in [3.63, 3.8) is 0 Å². The van der Waals surface area contributed by atoms with Gasteiger partial charge in [-0.25, -0.2) is 9.67 Å². The Morgan fingerprint density at radius 1 is 1.13 bits per heavy atom. The summed E-state index contributed by atoms with van der Waals surface area (Å²) in [6.45, 7) is -2.70. The van der Waals surface area contributed by atoms with Crippen molar-refractivity contribution in [2.45, 2.75) is 6.55 Å². The summed E-state index contributed by atoms with van der Waals surface area (Å²) >= 11 is 5.91. The molecule has 0 aliphatic carbocycles. The molecule has 3 aromatic heterocycles. The molecule has 0 aliphatic heterocycles. The molecule has 0 bridgehead atoms. The number of aryl methyl sites for hydroxylation is 1. The molecule has 23 heavy (non-hydrogen) atoms. The molecular weight excluding hydrogens is 324 g/mol. The summed E-state index contributed by atoms with van der Waals surface area (Å²) in [5.74, 6) is 5.92. The van der Waals surface area contributed by atoms with Gasteiger partial charge >= 0.3 is 6.55 Å². The van der Waals surface area contributed by atoms with Crippen molar-refractivity contribution in [2.75, 3.05) is 0 Å². The van der Waals surface area contributed by atoms with Gasteiger partial charge in [0.05, 0.1) is 18.0 Å². The first-order valence-electron chi connectivity index (χ1n) is 6.52. The second-order valence-electron chi connectivity index (χ2n) is 4.69. The number of pyridine rings is 1. The van der Waals surface area contributed by atoms with E-state index in [4.69, 9.17) is 11.6 Å². The largest absolute Gasteiger partial charge is 0.333 e. The highest BCUT2D eigenvalue weighted by molar-refractivity contribution is 6.29. The molecule has 0 amide bonds. The molecular formula is C15H10ClF2N5. The monoisotopic (exact) mass is 333 g/mol. The van der Waals surface area contributed by atoms with E-state index in [0.29, 0.717) is 21.4 Å². The summed E-state index contributed by atoms with van der Waals surface area (Å²) in [6.07, 6.45) is 7.47. The van der Waals surface area contributed by atoms with E-state index in [-0.39, 0.29) is 5.15 Å².